The first-order valence-corrected chi connectivity index (χ1v) is 6.62. The molecule has 0 amide bonds. The van der Waals surface area contributed by atoms with Crippen LogP contribution in [0.5, 0.6) is 5.75 Å². The summed E-state index contributed by atoms with van der Waals surface area (Å²) in [5.74, 6) is -1.72. The molecule has 0 spiro atoms. The van der Waals surface area contributed by atoms with Gasteiger partial charge < -0.3 is 9.84 Å². The van der Waals surface area contributed by atoms with Crippen LogP contribution >= 0.6 is 22.9 Å². The Labute approximate surface area is 118 Å². The lowest BCUT2D eigenvalue weighted by molar-refractivity contribution is -0.139. The first kappa shape index (κ1) is 13.8. The molecule has 0 bridgehead atoms. The van der Waals surface area contributed by atoms with Crippen molar-refractivity contribution in [3.63, 3.8) is 0 Å². The van der Waals surface area contributed by atoms with E-state index in [1.54, 1.807) is 12.1 Å². The maximum atomic E-state index is 12.7. The Balaban J connectivity index is 2.06. The Morgan fingerprint density at radius 1 is 1.32 bits per heavy atom. The van der Waals surface area contributed by atoms with Gasteiger partial charge >= 0.3 is 5.97 Å². The summed E-state index contributed by atoms with van der Waals surface area (Å²) < 4.78 is 18.6. The minimum atomic E-state index is -0.986. The van der Waals surface area contributed by atoms with Crippen molar-refractivity contribution in [2.24, 2.45) is 0 Å². The standard InChI is InChI=1S/C13H10ClFO3S/c14-12-6-5-11(19-12)10(13(16)17)7-18-9-3-1-8(15)2-4-9/h1-6,10H,7H2,(H,16,17). The zero-order chi connectivity index (χ0) is 13.8. The number of carboxylic acid groups (broad SMARTS) is 1. The average Bonchev–Trinajstić information content (AvgIpc) is 2.78. The van der Waals surface area contributed by atoms with Gasteiger partial charge in [0.25, 0.3) is 0 Å². The second-order valence-corrected chi connectivity index (χ2v) is 5.54. The summed E-state index contributed by atoms with van der Waals surface area (Å²) in [7, 11) is 0. The second kappa shape index (κ2) is 6.04. The average molecular weight is 301 g/mol. The SMILES string of the molecule is O=C(O)C(COc1ccc(F)cc1)c1ccc(Cl)s1. The summed E-state index contributed by atoms with van der Waals surface area (Å²) in [5.41, 5.74) is 0. The molecular weight excluding hydrogens is 291 g/mol. The fraction of sp³-hybridized carbons (Fsp3) is 0.154. The van der Waals surface area contributed by atoms with Crippen LogP contribution in [0, 0.1) is 5.82 Å². The van der Waals surface area contributed by atoms with Gasteiger partial charge in [-0.3, -0.25) is 4.79 Å². The highest BCUT2D eigenvalue weighted by molar-refractivity contribution is 7.16. The molecule has 1 unspecified atom stereocenters. The van der Waals surface area contributed by atoms with E-state index in [4.69, 9.17) is 16.3 Å². The number of hydrogen-bond acceptors (Lipinski definition) is 3. The molecule has 0 aliphatic rings. The summed E-state index contributed by atoms with van der Waals surface area (Å²) in [5, 5.41) is 9.18. The van der Waals surface area contributed by atoms with Crippen molar-refractivity contribution in [3.05, 3.63) is 51.4 Å². The molecule has 1 N–H and O–H groups in total. The third-order valence-electron chi connectivity index (χ3n) is 2.47. The monoisotopic (exact) mass is 300 g/mol. The minimum Gasteiger partial charge on any atom is -0.492 e. The van der Waals surface area contributed by atoms with Gasteiger partial charge in [-0.15, -0.1) is 11.3 Å². The summed E-state index contributed by atoms with van der Waals surface area (Å²) in [6, 6.07) is 8.74. The third-order valence-corrected chi connectivity index (χ3v) is 3.81. The lowest BCUT2D eigenvalue weighted by Crippen LogP contribution is -2.18. The van der Waals surface area contributed by atoms with Gasteiger partial charge in [0.2, 0.25) is 0 Å². The number of aliphatic carboxylic acids is 1. The van der Waals surface area contributed by atoms with Crippen LogP contribution in [-0.2, 0) is 4.79 Å². The predicted molar refractivity (Wildman–Crippen MR) is 71.6 cm³/mol. The van der Waals surface area contributed by atoms with Crippen LogP contribution in [0.2, 0.25) is 4.34 Å². The van der Waals surface area contributed by atoms with Gasteiger partial charge in [-0.2, -0.15) is 0 Å². The molecular formula is C13H10ClFO3S. The zero-order valence-corrected chi connectivity index (χ0v) is 11.2. The van der Waals surface area contributed by atoms with Gasteiger partial charge in [-0.1, -0.05) is 11.6 Å². The minimum absolute atomic E-state index is 0.0300. The molecule has 1 aromatic carbocycles. The topological polar surface area (TPSA) is 46.5 Å². The first-order valence-electron chi connectivity index (χ1n) is 5.42. The van der Waals surface area contributed by atoms with Gasteiger partial charge in [0.1, 0.15) is 24.1 Å². The van der Waals surface area contributed by atoms with Crippen LogP contribution in [0.3, 0.4) is 0 Å². The molecule has 1 heterocycles. The van der Waals surface area contributed by atoms with E-state index in [-0.39, 0.29) is 12.4 Å². The van der Waals surface area contributed by atoms with Gasteiger partial charge in [0.05, 0.1) is 4.34 Å². The van der Waals surface area contributed by atoms with Crippen LogP contribution in [0.4, 0.5) is 4.39 Å². The van der Waals surface area contributed by atoms with E-state index in [0.717, 1.165) is 0 Å². The van der Waals surface area contributed by atoms with Gasteiger partial charge in [0.15, 0.2) is 0 Å². The van der Waals surface area contributed by atoms with E-state index in [1.807, 2.05) is 0 Å². The Morgan fingerprint density at radius 3 is 2.53 bits per heavy atom. The predicted octanol–water partition coefficient (Wildman–Crippen LogP) is 3.79. The normalized spacial score (nSPS) is 12.1. The molecule has 19 heavy (non-hydrogen) atoms. The van der Waals surface area contributed by atoms with Crippen LogP contribution < -0.4 is 4.74 Å². The van der Waals surface area contributed by atoms with E-state index < -0.39 is 11.9 Å². The van der Waals surface area contributed by atoms with Crippen LogP contribution in [-0.4, -0.2) is 17.7 Å². The summed E-state index contributed by atoms with van der Waals surface area (Å²) in [4.78, 5) is 11.8. The fourth-order valence-corrected chi connectivity index (χ4v) is 2.64. The van der Waals surface area contributed by atoms with Crippen LogP contribution in [0.1, 0.15) is 10.8 Å². The second-order valence-electron chi connectivity index (χ2n) is 3.80. The maximum absolute atomic E-state index is 12.7. The smallest absolute Gasteiger partial charge is 0.315 e. The Kier molecular flexibility index (Phi) is 4.39. The first-order chi connectivity index (χ1) is 9.06. The Hall–Kier alpha value is -1.59. The molecule has 3 nitrogen and oxygen atoms in total. The van der Waals surface area contributed by atoms with Crippen molar-refractivity contribution in [1.29, 1.82) is 0 Å². The fourth-order valence-electron chi connectivity index (χ4n) is 1.50. The number of ether oxygens (including phenoxy) is 1. The molecule has 0 aliphatic heterocycles. The largest absolute Gasteiger partial charge is 0.492 e. The number of halogens is 2. The molecule has 0 aliphatic carbocycles. The molecule has 6 heteroatoms. The molecule has 0 saturated heterocycles. The van der Waals surface area contributed by atoms with Crippen molar-refractivity contribution in [1.82, 2.24) is 0 Å². The van der Waals surface area contributed by atoms with E-state index in [2.05, 4.69) is 0 Å². The molecule has 1 atom stereocenters. The van der Waals surface area contributed by atoms with E-state index >= 15 is 0 Å². The van der Waals surface area contributed by atoms with Crippen LogP contribution in [0.25, 0.3) is 0 Å². The van der Waals surface area contributed by atoms with Gasteiger partial charge in [-0.05, 0) is 36.4 Å². The highest BCUT2D eigenvalue weighted by Crippen LogP contribution is 2.29. The van der Waals surface area contributed by atoms with E-state index in [0.29, 0.717) is 15.0 Å². The lowest BCUT2D eigenvalue weighted by atomic mass is 10.1. The molecule has 0 saturated carbocycles. The highest BCUT2D eigenvalue weighted by Gasteiger charge is 2.22. The maximum Gasteiger partial charge on any atom is 0.315 e. The summed E-state index contributed by atoms with van der Waals surface area (Å²) >= 11 is 6.99. The Bertz CT molecular complexity index is 568. The quantitative estimate of drug-likeness (QED) is 0.914. The number of carbonyl (C=O) groups is 1. The van der Waals surface area contributed by atoms with Crippen molar-refractivity contribution in [2.45, 2.75) is 5.92 Å². The van der Waals surface area contributed by atoms with E-state index in [9.17, 15) is 14.3 Å². The molecule has 1 aromatic heterocycles. The van der Waals surface area contributed by atoms with Crippen molar-refractivity contribution in [2.75, 3.05) is 6.61 Å². The zero-order valence-electron chi connectivity index (χ0n) is 9.68. The number of rotatable bonds is 5. The van der Waals surface area contributed by atoms with E-state index in [1.165, 1.54) is 35.6 Å². The summed E-state index contributed by atoms with van der Waals surface area (Å²) in [6.45, 7) is -0.0300. The molecule has 0 radical (unpaired) electrons. The van der Waals surface area contributed by atoms with Crippen LogP contribution in [0.15, 0.2) is 36.4 Å². The third kappa shape index (κ3) is 3.68. The lowest BCUT2D eigenvalue weighted by Gasteiger charge is -2.12. The molecule has 0 fully saturated rings. The van der Waals surface area contributed by atoms with Gasteiger partial charge in [-0.25, -0.2) is 4.39 Å². The van der Waals surface area contributed by atoms with Crippen molar-refractivity contribution >= 4 is 28.9 Å². The molecule has 2 rings (SSSR count). The molecule has 100 valence electrons. The number of benzene rings is 1. The highest BCUT2D eigenvalue weighted by atomic mass is 35.5. The Morgan fingerprint density at radius 2 is 2.00 bits per heavy atom. The number of hydrogen-bond donors (Lipinski definition) is 1. The molecule has 2 aromatic rings. The van der Waals surface area contributed by atoms with Crippen molar-refractivity contribution in [3.8, 4) is 5.75 Å². The van der Waals surface area contributed by atoms with Crippen molar-refractivity contribution < 1.29 is 19.0 Å². The number of carboxylic acids is 1. The number of thiophene rings is 1. The summed E-state index contributed by atoms with van der Waals surface area (Å²) in [6.07, 6.45) is 0. The van der Waals surface area contributed by atoms with Gasteiger partial charge in [0, 0.05) is 4.88 Å².